The minimum atomic E-state index is 0.521. The van der Waals surface area contributed by atoms with Gasteiger partial charge in [-0.2, -0.15) is 0 Å². The molecule has 2 aromatic rings. The summed E-state index contributed by atoms with van der Waals surface area (Å²) < 4.78 is 6.30. The third-order valence-electron chi connectivity index (χ3n) is 3.82. The number of aromatic nitrogens is 1. The highest BCUT2D eigenvalue weighted by Gasteiger charge is 2.31. The van der Waals surface area contributed by atoms with Crippen molar-refractivity contribution in [3.63, 3.8) is 0 Å². The number of pyridine rings is 1. The van der Waals surface area contributed by atoms with E-state index in [9.17, 15) is 0 Å². The van der Waals surface area contributed by atoms with Crippen molar-refractivity contribution in [3.05, 3.63) is 52.8 Å². The second-order valence-electron chi connectivity index (χ2n) is 5.12. The maximum absolute atomic E-state index is 5.43. The number of hydrogen-bond acceptors (Lipinski definition) is 3. The number of rotatable bonds is 4. The van der Waals surface area contributed by atoms with Gasteiger partial charge < -0.3 is 10.1 Å². The molecule has 1 N–H and O–H groups in total. The summed E-state index contributed by atoms with van der Waals surface area (Å²) in [5.41, 5.74) is 2.40. The van der Waals surface area contributed by atoms with Crippen LogP contribution in [0.1, 0.15) is 24.3 Å². The average molecular weight is 333 g/mol. The Hall–Kier alpha value is -1.55. The van der Waals surface area contributed by atoms with E-state index in [2.05, 4.69) is 38.4 Å². The van der Waals surface area contributed by atoms with Crippen molar-refractivity contribution in [3.8, 4) is 5.75 Å². The Balaban J connectivity index is 1.60. The van der Waals surface area contributed by atoms with Gasteiger partial charge in [0.25, 0.3) is 0 Å². The zero-order chi connectivity index (χ0) is 13.9. The summed E-state index contributed by atoms with van der Waals surface area (Å²) >= 11 is 3.35. The number of halogens is 1. The number of ether oxygens (including phenoxy) is 1. The third-order valence-corrected chi connectivity index (χ3v) is 4.28. The van der Waals surface area contributed by atoms with E-state index in [0.717, 1.165) is 28.9 Å². The van der Waals surface area contributed by atoms with E-state index < -0.39 is 0 Å². The molecular formula is C16H17BrN2O. The molecule has 0 amide bonds. The summed E-state index contributed by atoms with van der Waals surface area (Å²) in [5, 5.41) is 3.52. The fraction of sp³-hybridized carbons (Fsp3) is 0.312. The maximum Gasteiger partial charge on any atom is 0.122 e. The molecule has 1 fully saturated rings. The van der Waals surface area contributed by atoms with Gasteiger partial charge in [-0.05, 0) is 58.5 Å². The zero-order valence-electron chi connectivity index (χ0n) is 11.3. The summed E-state index contributed by atoms with van der Waals surface area (Å²) in [6.45, 7) is 0. The van der Waals surface area contributed by atoms with Crippen LogP contribution < -0.4 is 10.1 Å². The predicted octanol–water partition coefficient (Wildman–Crippen LogP) is 4.21. The molecule has 0 atom stereocenters. The van der Waals surface area contributed by atoms with E-state index in [4.69, 9.17) is 4.74 Å². The van der Waals surface area contributed by atoms with Crippen LogP contribution in [0.4, 0.5) is 5.69 Å². The average Bonchev–Trinajstić information content (AvgIpc) is 2.44. The normalized spacial score (nSPS) is 21.1. The van der Waals surface area contributed by atoms with E-state index in [0.29, 0.717) is 12.0 Å². The molecular weight excluding hydrogens is 316 g/mol. The lowest BCUT2D eigenvalue weighted by molar-refractivity contribution is 0.349. The van der Waals surface area contributed by atoms with Crippen LogP contribution >= 0.6 is 15.9 Å². The van der Waals surface area contributed by atoms with Gasteiger partial charge in [0.1, 0.15) is 10.4 Å². The molecule has 0 saturated heterocycles. The van der Waals surface area contributed by atoms with Gasteiger partial charge >= 0.3 is 0 Å². The first-order valence-corrected chi connectivity index (χ1v) is 7.56. The van der Waals surface area contributed by atoms with Crippen LogP contribution in [-0.4, -0.2) is 18.1 Å². The Kier molecular flexibility index (Phi) is 3.92. The molecule has 0 bridgehead atoms. The van der Waals surface area contributed by atoms with Crippen molar-refractivity contribution < 1.29 is 4.74 Å². The molecule has 1 aromatic heterocycles. The molecule has 104 valence electrons. The van der Waals surface area contributed by atoms with Crippen LogP contribution in [0.3, 0.4) is 0 Å². The van der Waals surface area contributed by atoms with Gasteiger partial charge in [0.2, 0.25) is 0 Å². The van der Waals surface area contributed by atoms with Gasteiger partial charge in [0, 0.05) is 6.04 Å². The molecule has 0 aliphatic heterocycles. The molecule has 0 spiro atoms. The van der Waals surface area contributed by atoms with Gasteiger partial charge in [0.15, 0.2) is 0 Å². The van der Waals surface area contributed by atoms with Crippen LogP contribution in [0.25, 0.3) is 0 Å². The van der Waals surface area contributed by atoms with E-state index in [1.807, 2.05) is 30.5 Å². The summed E-state index contributed by atoms with van der Waals surface area (Å²) in [5.74, 6) is 1.59. The van der Waals surface area contributed by atoms with Gasteiger partial charge in [-0.15, -0.1) is 0 Å². The first-order chi connectivity index (χ1) is 9.76. The fourth-order valence-electron chi connectivity index (χ4n) is 2.69. The highest BCUT2D eigenvalue weighted by Crippen LogP contribution is 2.42. The second kappa shape index (κ2) is 5.83. The number of hydrogen-bond donors (Lipinski definition) is 1. The van der Waals surface area contributed by atoms with Crippen molar-refractivity contribution in [2.75, 3.05) is 12.4 Å². The van der Waals surface area contributed by atoms with Crippen LogP contribution in [-0.2, 0) is 0 Å². The monoisotopic (exact) mass is 332 g/mol. The third kappa shape index (κ3) is 2.80. The van der Waals surface area contributed by atoms with E-state index >= 15 is 0 Å². The lowest BCUT2D eigenvalue weighted by Crippen LogP contribution is -2.34. The Morgan fingerprint density at radius 1 is 1.20 bits per heavy atom. The lowest BCUT2D eigenvalue weighted by atomic mass is 9.75. The standard InChI is InChI=1S/C16H17BrN2O/c1-20-15-5-3-2-4-14(15)11-8-13(9-11)19-12-6-7-16(17)18-10-12/h2-7,10-11,13,19H,8-9H2,1H3. The van der Waals surface area contributed by atoms with E-state index in [1.54, 1.807) is 7.11 Å². The molecule has 3 nitrogen and oxygen atoms in total. The van der Waals surface area contributed by atoms with Crippen molar-refractivity contribution in [1.82, 2.24) is 4.98 Å². The van der Waals surface area contributed by atoms with Gasteiger partial charge in [-0.1, -0.05) is 18.2 Å². The summed E-state index contributed by atoms with van der Waals surface area (Å²) in [7, 11) is 1.74. The van der Waals surface area contributed by atoms with Crippen molar-refractivity contribution in [2.45, 2.75) is 24.8 Å². The molecule has 0 unspecified atom stereocenters. The quantitative estimate of drug-likeness (QED) is 0.851. The number of benzene rings is 1. The first-order valence-electron chi connectivity index (χ1n) is 6.77. The van der Waals surface area contributed by atoms with Gasteiger partial charge in [-0.25, -0.2) is 4.98 Å². The van der Waals surface area contributed by atoms with Crippen molar-refractivity contribution in [1.29, 1.82) is 0 Å². The Morgan fingerprint density at radius 3 is 2.70 bits per heavy atom. The molecule has 3 rings (SSSR count). The largest absolute Gasteiger partial charge is 0.496 e. The molecule has 1 aliphatic carbocycles. The summed E-state index contributed by atoms with van der Waals surface area (Å²) in [4.78, 5) is 4.23. The highest BCUT2D eigenvalue weighted by atomic mass is 79.9. The topological polar surface area (TPSA) is 34.1 Å². The van der Waals surface area contributed by atoms with Gasteiger partial charge in [0.05, 0.1) is 19.0 Å². The molecule has 1 heterocycles. The first kappa shape index (κ1) is 13.4. The summed E-state index contributed by atoms with van der Waals surface area (Å²) in [6, 6.07) is 12.8. The molecule has 1 saturated carbocycles. The van der Waals surface area contributed by atoms with Crippen LogP contribution in [0.5, 0.6) is 5.75 Å². The van der Waals surface area contributed by atoms with Crippen LogP contribution in [0.2, 0.25) is 0 Å². The Morgan fingerprint density at radius 2 is 2.00 bits per heavy atom. The number of nitrogens with zero attached hydrogens (tertiary/aromatic N) is 1. The number of para-hydroxylation sites is 1. The zero-order valence-corrected chi connectivity index (χ0v) is 12.9. The van der Waals surface area contributed by atoms with Crippen LogP contribution in [0, 0.1) is 0 Å². The minimum Gasteiger partial charge on any atom is -0.496 e. The van der Waals surface area contributed by atoms with Crippen molar-refractivity contribution >= 4 is 21.6 Å². The minimum absolute atomic E-state index is 0.521. The van der Waals surface area contributed by atoms with Crippen molar-refractivity contribution in [2.24, 2.45) is 0 Å². The predicted molar refractivity (Wildman–Crippen MR) is 84.3 cm³/mol. The van der Waals surface area contributed by atoms with E-state index in [1.165, 1.54) is 5.56 Å². The Labute approximate surface area is 127 Å². The number of methoxy groups -OCH3 is 1. The molecule has 1 aromatic carbocycles. The van der Waals surface area contributed by atoms with Gasteiger partial charge in [-0.3, -0.25) is 0 Å². The van der Waals surface area contributed by atoms with Crippen LogP contribution in [0.15, 0.2) is 47.2 Å². The maximum atomic E-state index is 5.43. The second-order valence-corrected chi connectivity index (χ2v) is 5.93. The Bertz CT molecular complexity index is 579. The highest BCUT2D eigenvalue weighted by molar-refractivity contribution is 9.10. The SMILES string of the molecule is COc1ccccc1C1CC(Nc2ccc(Br)nc2)C1. The summed E-state index contributed by atoms with van der Waals surface area (Å²) in [6.07, 6.45) is 4.13. The molecule has 1 aliphatic rings. The molecule has 0 radical (unpaired) electrons. The molecule has 20 heavy (non-hydrogen) atoms. The number of anilines is 1. The molecule has 4 heteroatoms. The smallest absolute Gasteiger partial charge is 0.122 e. The fourth-order valence-corrected chi connectivity index (χ4v) is 2.92. The van der Waals surface area contributed by atoms with E-state index in [-0.39, 0.29) is 0 Å². The lowest BCUT2D eigenvalue weighted by Gasteiger charge is -2.37. The number of nitrogens with one attached hydrogen (secondary N) is 1.